The summed E-state index contributed by atoms with van der Waals surface area (Å²) >= 11 is 0. The number of nitrogens with one attached hydrogen (secondary N) is 1. The first-order chi connectivity index (χ1) is 9.26. The lowest BCUT2D eigenvalue weighted by molar-refractivity contribution is -0.0836. The average molecular weight is 269 g/mol. The highest BCUT2D eigenvalue weighted by Gasteiger charge is 2.38. The standard InChI is InChI=1S/C17H35NO/c1-4-5-6-7-8-9-10-12-16(18-2)15-17(19-3)13-11-14-17/h16,18H,4-15H2,1-3H3. The lowest BCUT2D eigenvalue weighted by atomic mass is 9.75. The van der Waals surface area contributed by atoms with E-state index in [2.05, 4.69) is 19.3 Å². The van der Waals surface area contributed by atoms with Crippen LogP contribution >= 0.6 is 0 Å². The second kappa shape index (κ2) is 9.77. The predicted octanol–water partition coefficient (Wildman–Crippen LogP) is 4.67. The molecule has 0 aromatic heterocycles. The van der Waals surface area contributed by atoms with Crippen molar-refractivity contribution in [2.24, 2.45) is 0 Å². The molecule has 0 aromatic carbocycles. The number of hydrogen-bond donors (Lipinski definition) is 1. The van der Waals surface area contributed by atoms with E-state index >= 15 is 0 Å². The monoisotopic (exact) mass is 269 g/mol. The number of ether oxygens (including phenoxy) is 1. The molecule has 0 aromatic rings. The van der Waals surface area contributed by atoms with Crippen LogP contribution in [0.5, 0.6) is 0 Å². The summed E-state index contributed by atoms with van der Waals surface area (Å²) in [5, 5.41) is 3.49. The Hall–Kier alpha value is -0.0800. The van der Waals surface area contributed by atoms with Crippen LogP contribution in [-0.4, -0.2) is 25.8 Å². The summed E-state index contributed by atoms with van der Waals surface area (Å²) in [4.78, 5) is 0. The molecule has 0 heterocycles. The van der Waals surface area contributed by atoms with Gasteiger partial charge in [-0.15, -0.1) is 0 Å². The molecular weight excluding hydrogens is 234 g/mol. The number of hydrogen-bond acceptors (Lipinski definition) is 2. The maximum absolute atomic E-state index is 5.74. The largest absolute Gasteiger partial charge is 0.378 e. The molecule has 1 atom stereocenters. The Bertz CT molecular complexity index is 208. The fourth-order valence-electron chi connectivity index (χ4n) is 3.21. The van der Waals surface area contributed by atoms with Gasteiger partial charge in [-0.25, -0.2) is 0 Å². The SMILES string of the molecule is CCCCCCCCCC(CC1(OC)CCC1)NC. The minimum Gasteiger partial charge on any atom is -0.378 e. The Labute approximate surface area is 120 Å². The van der Waals surface area contributed by atoms with Gasteiger partial charge in [-0.3, -0.25) is 0 Å². The molecule has 2 heteroatoms. The van der Waals surface area contributed by atoms with Crippen molar-refractivity contribution in [2.45, 2.75) is 95.6 Å². The molecule has 2 nitrogen and oxygen atoms in total. The van der Waals surface area contributed by atoms with Crippen LogP contribution in [0.1, 0.15) is 84.0 Å². The molecule has 0 radical (unpaired) electrons. The normalized spacial score (nSPS) is 19.1. The van der Waals surface area contributed by atoms with Crippen LogP contribution in [-0.2, 0) is 4.74 Å². The molecular formula is C17H35NO. The topological polar surface area (TPSA) is 21.3 Å². The van der Waals surface area contributed by atoms with Crippen molar-refractivity contribution in [3.8, 4) is 0 Å². The average Bonchev–Trinajstić information content (AvgIpc) is 2.39. The third-order valence-corrected chi connectivity index (χ3v) is 4.88. The molecule has 1 N–H and O–H groups in total. The zero-order chi connectivity index (χ0) is 14.0. The van der Waals surface area contributed by atoms with Gasteiger partial charge in [-0.05, 0) is 39.2 Å². The van der Waals surface area contributed by atoms with Crippen LogP contribution in [0.4, 0.5) is 0 Å². The van der Waals surface area contributed by atoms with Gasteiger partial charge in [-0.2, -0.15) is 0 Å². The number of methoxy groups -OCH3 is 1. The van der Waals surface area contributed by atoms with Crippen molar-refractivity contribution in [2.75, 3.05) is 14.2 Å². The Kier molecular flexibility index (Phi) is 8.72. The highest BCUT2D eigenvalue weighted by Crippen LogP contribution is 2.39. The number of unbranched alkanes of at least 4 members (excludes halogenated alkanes) is 6. The zero-order valence-electron chi connectivity index (χ0n) is 13.5. The predicted molar refractivity (Wildman–Crippen MR) is 83.7 cm³/mol. The molecule has 0 aliphatic heterocycles. The van der Waals surface area contributed by atoms with Crippen LogP contribution in [0, 0.1) is 0 Å². The van der Waals surface area contributed by atoms with Gasteiger partial charge in [0.25, 0.3) is 0 Å². The van der Waals surface area contributed by atoms with Crippen molar-refractivity contribution in [3.05, 3.63) is 0 Å². The summed E-state index contributed by atoms with van der Waals surface area (Å²) in [6.45, 7) is 2.28. The molecule has 0 amide bonds. The van der Waals surface area contributed by atoms with Crippen molar-refractivity contribution >= 4 is 0 Å². The lowest BCUT2D eigenvalue weighted by Crippen LogP contribution is -2.45. The Balaban J connectivity index is 2.05. The molecule has 0 bridgehead atoms. The highest BCUT2D eigenvalue weighted by atomic mass is 16.5. The maximum atomic E-state index is 5.74. The molecule has 0 saturated heterocycles. The van der Waals surface area contributed by atoms with Gasteiger partial charge >= 0.3 is 0 Å². The third-order valence-electron chi connectivity index (χ3n) is 4.88. The van der Waals surface area contributed by atoms with Gasteiger partial charge in [0.2, 0.25) is 0 Å². The summed E-state index contributed by atoms with van der Waals surface area (Å²) in [5.74, 6) is 0. The van der Waals surface area contributed by atoms with Crippen LogP contribution in [0.2, 0.25) is 0 Å². The highest BCUT2D eigenvalue weighted by molar-refractivity contribution is 4.92. The molecule has 1 saturated carbocycles. The smallest absolute Gasteiger partial charge is 0.0693 e. The van der Waals surface area contributed by atoms with Gasteiger partial charge in [-0.1, -0.05) is 51.9 Å². The van der Waals surface area contributed by atoms with Crippen molar-refractivity contribution in [1.29, 1.82) is 0 Å². The first kappa shape index (κ1) is 17.0. The first-order valence-corrected chi connectivity index (χ1v) is 8.49. The second-order valence-electron chi connectivity index (χ2n) is 6.34. The molecule has 114 valence electrons. The van der Waals surface area contributed by atoms with Gasteiger partial charge in [0, 0.05) is 13.2 Å². The third kappa shape index (κ3) is 6.27. The fraction of sp³-hybridized carbons (Fsp3) is 1.00. The minimum absolute atomic E-state index is 0.217. The molecule has 1 aliphatic rings. The quantitative estimate of drug-likeness (QED) is 0.520. The lowest BCUT2D eigenvalue weighted by Gasteiger charge is -2.42. The van der Waals surface area contributed by atoms with Gasteiger partial charge in [0.05, 0.1) is 5.60 Å². The zero-order valence-corrected chi connectivity index (χ0v) is 13.5. The van der Waals surface area contributed by atoms with E-state index in [1.807, 2.05) is 7.11 Å². The van der Waals surface area contributed by atoms with Crippen LogP contribution in [0.15, 0.2) is 0 Å². The van der Waals surface area contributed by atoms with E-state index in [0.717, 1.165) is 0 Å². The minimum atomic E-state index is 0.217. The molecule has 1 aliphatic carbocycles. The summed E-state index contributed by atoms with van der Waals surface area (Å²) in [6, 6.07) is 0.649. The summed E-state index contributed by atoms with van der Waals surface area (Å²) in [6.07, 6.45) is 16.2. The van der Waals surface area contributed by atoms with E-state index in [0.29, 0.717) is 6.04 Å². The van der Waals surface area contributed by atoms with Gasteiger partial charge in [0.15, 0.2) is 0 Å². The summed E-state index contributed by atoms with van der Waals surface area (Å²) < 4.78 is 5.74. The second-order valence-corrected chi connectivity index (χ2v) is 6.34. The van der Waals surface area contributed by atoms with E-state index in [9.17, 15) is 0 Å². The molecule has 19 heavy (non-hydrogen) atoms. The van der Waals surface area contributed by atoms with Crippen LogP contribution in [0.25, 0.3) is 0 Å². The van der Waals surface area contributed by atoms with Crippen molar-refractivity contribution in [3.63, 3.8) is 0 Å². The van der Waals surface area contributed by atoms with Crippen LogP contribution < -0.4 is 5.32 Å². The Morgan fingerprint density at radius 1 is 1.05 bits per heavy atom. The van der Waals surface area contributed by atoms with Crippen LogP contribution in [0.3, 0.4) is 0 Å². The molecule has 1 fully saturated rings. The van der Waals surface area contributed by atoms with E-state index in [1.54, 1.807) is 0 Å². The Morgan fingerprint density at radius 2 is 1.68 bits per heavy atom. The summed E-state index contributed by atoms with van der Waals surface area (Å²) in [7, 11) is 3.99. The number of rotatable bonds is 12. The fourth-order valence-corrected chi connectivity index (χ4v) is 3.21. The van der Waals surface area contributed by atoms with E-state index in [4.69, 9.17) is 4.74 Å². The van der Waals surface area contributed by atoms with Gasteiger partial charge < -0.3 is 10.1 Å². The van der Waals surface area contributed by atoms with Gasteiger partial charge in [0.1, 0.15) is 0 Å². The molecule has 1 unspecified atom stereocenters. The van der Waals surface area contributed by atoms with E-state index < -0.39 is 0 Å². The van der Waals surface area contributed by atoms with E-state index in [1.165, 1.54) is 77.0 Å². The van der Waals surface area contributed by atoms with Crippen molar-refractivity contribution < 1.29 is 4.74 Å². The van der Waals surface area contributed by atoms with E-state index in [-0.39, 0.29) is 5.60 Å². The Morgan fingerprint density at radius 3 is 2.16 bits per heavy atom. The summed E-state index contributed by atoms with van der Waals surface area (Å²) in [5.41, 5.74) is 0.217. The first-order valence-electron chi connectivity index (χ1n) is 8.49. The molecule has 1 rings (SSSR count). The van der Waals surface area contributed by atoms with Crippen molar-refractivity contribution in [1.82, 2.24) is 5.32 Å². The maximum Gasteiger partial charge on any atom is 0.0693 e. The molecule has 0 spiro atoms.